The van der Waals surface area contributed by atoms with Crippen molar-refractivity contribution >= 4 is 15.9 Å². The summed E-state index contributed by atoms with van der Waals surface area (Å²) in [6, 6.07) is 5.13. The van der Waals surface area contributed by atoms with Gasteiger partial charge in [0.25, 0.3) is 0 Å². The summed E-state index contributed by atoms with van der Waals surface area (Å²) in [7, 11) is 0. The zero-order valence-corrected chi connectivity index (χ0v) is 7.94. The molecule has 1 aromatic rings. The van der Waals surface area contributed by atoms with Gasteiger partial charge in [0.15, 0.2) is 0 Å². The third-order valence-corrected chi connectivity index (χ3v) is 2.00. The second-order valence-electron chi connectivity index (χ2n) is 2.26. The summed E-state index contributed by atoms with van der Waals surface area (Å²) in [5.74, 6) is 0.201. The second-order valence-corrected chi connectivity index (χ2v) is 3.12. The van der Waals surface area contributed by atoms with Gasteiger partial charge >= 0.3 is 6.61 Å². The molecular formula is C8H7BrF2O. The van der Waals surface area contributed by atoms with E-state index in [0.29, 0.717) is 10.0 Å². The van der Waals surface area contributed by atoms with Crippen molar-refractivity contribution in [2.24, 2.45) is 0 Å². The standard InChI is InChI=1S/C8H7BrF2O/c1-5-3-2-4-6(9)7(5)12-8(10)11/h2-4,8H,1H3. The summed E-state index contributed by atoms with van der Waals surface area (Å²) < 4.78 is 28.5. The number of para-hydroxylation sites is 1. The van der Waals surface area contributed by atoms with E-state index in [1.54, 1.807) is 25.1 Å². The van der Waals surface area contributed by atoms with Crippen molar-refractivity contribution in [2.75, 3.05) is 0 Å². The van der Waals surface area contributed by atoms with E-state index >= 15 is 0 Å². The Labute approximate surface area is 77.5 Å². The Morgan fingerprint density at radius 2 is 2.08 bits per heavy atom. The molecular weight excluding hydrogens is 230 g/mol. The Bertz CT molecular complexity index is 256. The molecule has 0 aromatic heterocycles. The van der Waals surface area contributed by atoms with Gasteiger partial charge in [-0.2, -0.15) is 8.78 Å². The van der Waals surface area contributed by atoms with Crippen LogP contribution in [0.4, 0.5) is 8.78 Å². The minimum absolute atomic E-state index is 0.201. The first-order valence-corrected chi connectivity index (χ1v) is 4.10. The number of hydrogen-bond acceptors (Lipinski definition) is 1. The molecule has 0 aliphatic carbocycles. The minimum Gasteiger partial charge on any atom is -0.433 e. The Morgan fingerprint density at radius 1 is 1.42 bits per heavy atom. The van der Waals surface area contributed by atoms with E-state index in [-0.39, 0.29) is 5.75 Å². The number of rotatable bonds is 2. The summed E-state index contributed by atoms with van der Waals surface area (Å²) in [6.07, 6.45) is 0. The van der Waals surface area contributed by atoms with Gasteiger partial charge in [-0.25, -0.2) is 0 Å². The van der Waals surface area contributed by atoms with Gasteiger partial charge in [-0.15, -0.1) is 0 Å². The first-order chi connectivity index (χ1) is 5.61. The van der Waals surface area contributed by atoms with Gasteiger partial charge in [0.2, 0.25) is 0 Å². The Hall–Kier alpha value is -0.640. The van der Waals surface area contributed by atoms with E-state index in [1.807, 2.05) is 0 Å². The van der Waals surface area contributed by atoms with Crippen LogP contribution in [0.5, 0.6) is 5.75 Å². The average molecular weight is 237 g/mol. The quantitative estimate of drug-likeness (QED) is 0.766. The lowest BCUT2D eigenvalue weighted by Gasteiger charge is -2.08. The molecule has 0 saturated heterocycles. The Kier molecular flexibility index (Phi) is 3.03. The molecule has 1 aromatic carbocycles. The number of alkyl halides is 2. The molecule has 1 nitrogen and oxygen atoms in total. The third kappa shape index (κ3) is 2.17. The van der Waals surface area contributed by atoms with Crippen LogP contribution in [-0.2, 0) is 0 Å². The lowest BCUT2D eigenvalue weighted by molar-refractivity contribution is -0.0508. The largest absolute Gasteiger partial charge is 0.433 e. The summed E-state index contributed by atoms with van der Waals surface area (Å²) in [6.45, 7) is -1.06. The maximum Gasteiger partial charge on any atom is 0.387 e. The molecule has 0 amide bonds. The Balaban J connectivity index is 2.96. The summed E-state index contributed by atoms with van der Waals surface area (Å²) in [5, 5.41) is 0. The lowest BCUT2D eigenvalue weighted by atomic mass is 10.2. The molecule has 0 heterocycles. The van der Waals surface area contributed by atoms with E-state index in [2.05, 4.69) is 20.7 Å². The van der Waals surface area contributed by atoms with Crippen LogP contribution >= 0.6 is 15.9 Å². The zero-order chi connectivity index (χ0) is 9.14. The van der Waals surface area contributed by atoms with Gasteiger partial charge in [-0.05, 0) is 34.5 Å². The van der Waals surface area contributed by atoms with Crippen LogP contribution in [0.25, 0.3) is 0 Å². The normalized spacial score (nSPS) is 10.4. The highest BCUT2D eigenvalue weighted by Gasteiger charge is 2.09. The van der Waals surface area contributed by atoms with Gasteiger partial charge in [-0.1, -0.05) is 12.1 Å². The molecule has 1 rings (SSSR count). The maximum absolute atomic E-state index is 11.8. The van der Waals surface area contributed by atoms with Gasteiger partial charge in [0.05, 0.1) is 4.47 Å². The van der Waals surface area contributed by atoms with Crippen molar-refractivity contribution in [1.82, 2.24) is 0 Å². The molecule has 66 valence electrons. The fraction of sp³-hybridized carbons (Fsp3) is 0.250. The van der Waals surface area contributed by atoms with Crippen LogP contribution in [0.1, 0.15) is 5.56 Å². The first kappa shape index (κ1) is 9.45. The van der Waals surface area contributed by atoms with Gasteiger partial charge in [0.1, 0.15) is 5.75 Å². The van der Waals surface area contributed by atoms with Crippen LogP contribution < -0.4 is 4.74 Å². The highest BCUT2D eigenvalue weighted by Crippen LogP contribution is 2.29. The van der Waals surface area contributed by atoms with Crippen LogP contribution in [-0.4, -0.2) is 6.61 Å². The van der Waals surface area contributed by atoms with Gasteiger partial charge < -0.3 is 4.74 Å². The van der Waals surface area contributed by atoms with E-state index in [9.17, 15) is 8.78 Å². The molecule has 0 atom stereocenters. The third-order valence-electron chi connectivity index (χ3n) is 1.37. The molecule has 0 aliphatic heterocycles. The monoisotopic (exact) mass is 236 g/mol. The zero-order valence-electron chi connectivity index (χ0n) is 6.35. The smallest absolute Gasteiger partial charge is 0.387 e. The number of ether oxygens (including phenoxy) is 1. The van der Waals surface area contributed by atoms with Crippen molar-refractivity contribution in [3.63, 3.8) is 0 Å². The Morgan fingerprint density at radius 3 is 2.58 bits per heavy atom. The van der Waals surface area contributed by atoms with Crippen LogP contribution in [0.3, 0.4) is 0 Å². The number of halogens is 3. The minimum atomic E-state index is -2.78. The van der Waals surface area contributed by atoms with Crippen molar-refractivity contribution in [3.8, 4) is 5.75 Å². The second kappa shape index (κ2) is 3.85. The van der Waals surface area contributed by atoms with Crippen LogP contribution in [0.2, 0.25) is 0 Å². The number of hydrogen-bond donors (Lipinski definition) is 0. The SMILES string of the molecule is Cc1cccc(Br)c1OC(F)F. The molecule has 4 heteroatoms. The molecule has 0 fully saturated rings. The van der Waals surface area contributed by atoms with Crippen molar-refractivity contribution in [3.05, 3.63) is 28.2 Å². The van der Waals surface area contributed by atoms with Crippen molar-refractivity contribution in [1.29, 1.82) is 0 Å². The van der Waals surface area contributed by atoms with E-state index in [4.69, 9.17) is 0 Å². The fourth-order valence-electron chi connectivity index (χ4n) is 0.855. The van der Waals surface area contributed by atoms with E-state index in [1.165, 1.54) is 0 Å². The maximum atomic E-state index is 11.8. The molecule has 0 saturated carbocycles. The summed E-state index contributed by atoms with van der Waals surface area (Å²) in [4.78, 5) is 0. The van der Waals surface area contributed by atoms with Crippen molar-refractivity contribution in [2.45, 2.75) is 13.5 Å². The molecule has 12 heavy (non-hydrogen) atoms. The molecule has 0 N–H and O–H groups in total. The summed E-state index contributed by atoms with van der Waals surface area (Å²) >= 11 is 3.12. The topological polar surface area (TPSA) is 9.23 Å². The number of aryl methyl sites for hydroxylation is 1. The van der Waals surface area contributed by atoms with Crippen LogP contribution in [0.15, 0.2) is 22.7 Å². The average Bonchev–Trinajstić information content (AvgIpc) is 1.97. The highest BCUT2D eigenvalue weighted by molar-refractivity contribution is 9.10. The van der Waals surface area contributed by atoms with Crippen LogP contribution in [0, 0.1) is 6.92 Å². The predicted molar refractivity (Wildman–Crippen MR) is 45.5 cm³/mol. The van der Waals surface area contributed by atoms with Gasteiger partial charge in [0, 0.05) is 0 Å². The highest BCUT2D eigenvalue weighted by atomic mass is 79.9. The summed E-state index contributed by atoms with van der Waals surface area (Å²) in [5.41, 5.74) is 0.685. The number of benzene rings is 1. The molecule has 0 spiro atoms. The van der Waals surface area contributed by atoms with Gasteiger partial charge in [-0.3, -0.25) is 0 Å². The fourth-order valence-corrected chi connectivity index (χ4v) is 1.41. The molecule has 0 aliphatic rings. The first-order valence-electron chi connectivity index (χ1n) is 3.31. The van der Waals surface area contributed by atoms with E-state index < -0.39 is 6.61 Å². The predicted octanol–water partition coefficient (Wildman–Crippen LogP) is 3.36. The molecule has 0 bridgehead atoms. The molecule has 0 unspecified atom stereocenters. The van der Waals surface area contributed by atoms with Crippen molar-refractivity contribution < 1.29 is 13.5 Å². The lowest BCUT2D eigenvalue weighted by Crippen LogP contribution is -2.03. The molecule has 0 radical (unpaired) electrons. The van der Waals surface area contributed by atoms with E-state index in [0.717, 1.165) is 0 Å².